The molecule has 2 aromatic rings. The summed E-state index contributed by atoms with van der Waals surface area (Å²) in [6.45, 7) is 4.50. The van der Waals surface area contributed by atoms with Crippen molar-refractivity contribution in [3.05, 3.63) is 52.6 Å². The molecule has 0 aliphatic carbocycles. The maximum absolute atomic E-state index is 11.3. The van der Waals surface area contributed by atoms with Crippen molar-refractivity contribution in [2.45, 2.75) is 26.8 Å². The molecule has 1 aromatic heterocycles. The van der Waals surface area contributed by atoms with Crippen molar-refractivity contribution >= 4 is 17.4 Å². The smallest absolute Gasteiger partial charge is 0.161 e. The number of carbonyl (C=O) groups excluding carboxylic acids is 1. The number of hydrogen-bond donors (Lipinski definition) is 0. The number of nitrogens with zero attached hydrogens (tertiary/aromatic N) is 2. The molecule has 1 aromatic carbocycles. The predicted molar refractivity (Wildman–Crippen MR) is 72.2 cm³/mol. The van der Waals surface area contributed by atoms with E-state index in [4.69, 9.17) is 11.6 Å². The highest BCUT2D eigenvalue weighted by Gasteiger charge is 2.08. The molecule has 0 saturated heterocycles. The molecule has 0 saturated carbocycles. The zero-order valence-electron chi connectivity index (χ0n) is 10.5. The van der Waals surface area contributed by atoms with E-state index in [0.29, 0.717) is 10.6 Å². The molecule has 0 bridgehead atoms. The fourth-order valence-electron chi connectivity index (χ4n) is 1.93. The molecule has 0 fully saturated rings. The molecule has 0 radical (unpaired) electrons. The lowest BCUT2D eigenvalue weighted by atomic mass is 10.1. The molecule has 0 unspecified atom stereocenters. The van der Waals surface area contributed by atoms with Crippen LogP contribution in [0.1, 0.15) is 35.6 Å². The number of ketones is 1. The first kappa shape index (κ1) is 12.8. The quantitative estimate of drug-likeness (QED) is 0.792. The molecule has 0 spiro atoms. The van der Waals surface area contributed by atoms with Crippen molar-refractivity contribution in [3.8, 4) is 0 Å². The number of hydrogen-bond acceptors (Lipinski definition) is 2. The van der Waals surface area contributed by atoms with Crippen LogP contribution in [0.2, 0.25) is 5.02 Å². The van der Waals surface area contributed by atoms with E-state index in [0.717, 1.165) is 24.4 Å². The summed E-state index contributed by atoms with van der Waals surface area (Å²) >= 11 is 6.09. The Morgan fingerprint density at radius 3 is 2.83 bits per heavy atom. The van der Waals surface area contributed by atoms with Gasteiger partial charge in [-0.25, -0.2) is 4.98 Å². The van der Waals surface area contributed by atoms with Crippen molar-refractivity contribution < 1.29 is 4.79 Å². The maximum Gasteiger partial charge on any atom is 0.161 e. The standard InChI is InChI=1S/C14H15ClN2O/c1-3-17-7-6-16-14(17)9-11-4-5-12(10(2)18)13(15)8-11/h4-8H,3,9H2,1-2H3. The highest BCUT2D eigenvalue weighted by molar-refractivity contribution is 6.33. The summed E-state index contributed by atoms with van der Waals surface area (Å²) in [4.78, 5) is 15.6. The fourth-order valence-corrected chi connectivity index (χ4v) is 2.27. The minimum absolute atomic E-state index is 0.0124. The first-order valence-electron chi connectivity index (χ1n) is 5.91. The lowest BCUT2D eigenvalue weighted by Gasteiger charge is -2.06. The van der Waals surface area contributed by atoms with E-state index in [1.165, 1.54) is 6.92 Å². The van der Waals surface area contributed by atoms with Gasteiger partial charge in [0.2, 0.25) is 0 Å². The highest BCUT2D eigenvalue weighted by Crippen LogP contribution is 2.20. The number of aryl methyl sites for hydroxylation is 1. The molecule has 0 atom stereocenters. The molecule has 0 amide bonds. The fraction of sp³-hybridized carbons (Fsp3) is 0.286. The van der Waals surface area contributed by atoms with Crippen LogP contribution >= 0.6 is 11.6 Å². The zero-order valence-corrected chi connectivity index (χ0v) is 11.2. The molecule has 2 rings (SSSR count). The van der Waals surface area contributed by atoms with Gasteiger partial charge in [-0.1, -0.05) is 17.7 Å². The second-order valence-corrected chi connectivity index (χ2v) is 4.58. The van der Waals surface area contributed by atoms with Crippen molar-refractivity contribution in [1.82, 2.24) is 9.55 Å². The van der Waals surface area contributed by atoms with Gasteiger partial charge in [-0.2, -0.15) is 0 Å². The van der Waals surface area contributed by atoms with E-state index in [1.54, 1.807) is 12.3 Å². The lowest BCUT2D eigenvalue weighted by Crippen LogP contribution is -2.02. The summed E-state index contributed by atoms with van der Waals surface area (Å²) in [5, 5.41) is 0.509. The molecule has 0 aliphatic rings. The molecule has 1 heterocycles. The van der Waals surface area contributed by atoms with Crippen LogP contribution in [0.15, 0.2) is 30.6 Å². The predicted octanol–water partition coefficient (Wildman–Crippen LogP) is 3.35. The van der Waals surface area contributed by atoms with E-state index in [1.807, 2.05) is 18.3 Å². The largest absolute Gasteiger partial charge is 0.335 e. The van der Waals surface area contributed by atoms with Crippen molar-refractivity contribution in [2.24, 2.45) is 0 Å². The van der Waals surface area contributed by atoms with Crippen LogP contribution in [0, 0.1) is 0 Å². The van der Waals surface area contributed by atoms with Crippen LogP contribution < -0.4 is 0 Å². The molecule has 18 heavy (non-hydrogen) atoms. The summed E-state index contributed by atoms with van der Waals surface area (Å²) in [7, 11) is 0. The van der Waals surface area contributed by atoms with E-state index >= 15 is 0 Å². The van der Waals surface area contributed by atoms with Crippen molar-refractivity contribution in [2.75, 3.05) is 0 Å². The summed E-state index contributed by atoms with van der Waals surface area (Å²) in [6.07, 6.45) is 4.48. The van der Waals surface area contributed by atoms with Gasteiger partial charge < -0.3 is 4.57 Å². The normalized spacial score (nSPS) is 10.6. The Kier molecular flexibility index (Phi) is 3.82. The Balaban J connectivity index is 2.25. The molecule has 0 N–H and O–H groups in total. The average molecular weight is 263 g/mol. The number of rotatable bonds is 4. The van der Waals surface area contributed by atoms with Crippen molar-refractivity contribution in [1.29, 1.82) is 0 Å². The number of Topliss-reactive ketones (excluding diaryl/α,β-unsaturated/α-hetero) is 1. The maximum atomic E-state index is 11.3. The molecular weight excluding hydrogens is 248 g/mol. The number of halogens is 1. The molecule has 3 nitrogen and oxygen atoms in total. The summed E-state index contributed by atoms with van der Waals surface area (Å²) in [6, 6.07) is 5.55. The zero-order chi connectivity index (χ0) is 13.1. The molecule has 94 valence electrons. The van der Waals surface area contributed by atoms with Gasteiger partial charge in [-0.05, 0) is 31.5 Å². The Morgan fingerprint density at radius 2 is 2.22 bits per heavy atom. The Morgan fingerprint density at radius 1 is 1.44 bits per heavy atom. The van der Waals surface area contributed by atoms with Crippen LogP contribution in [-0.4, -0.2) is 15.3 Å². The van der Waals surface area contributed by atoms with Crippen LogP contribution in [0.4, 0.5) is 0 Å². The summed E-state index contributed by atoms with van der Waals surface area (Å²) in [5.74, 6) is 0.991. The number of benzene rings is 1. The topological polar surface area (TPSA) is 34.9 Å². The third kappa shape index (κ3) is 2.62. The van der Waals surface area contributed by atoms with E-state index in [2.05, 4.69) is 16.5 Å². The van der Waals surface area contributed by atoms with Crippen LogP contribution in [0.3, 0.4) is 0 Å². The number of carbonyl (C=O) groups is 1. The summed E-state index contributed by atoms with van der Waals surface area (Å²) in [5.41, 5.74) is 1.63. The van der Waals surface area contributed by atoms with Gasteiger partial charge in [0.15, 0.2) is 5.78 Å². The van der Waals surface area contributed by atoms with Gasteiger partial charge >= 0.3 is 0 Å². The van der Waals surface area contributed by atoms with E-state index in [-0.39, 0.29) is 5.78 Å². The van der Waals surface area contributed by atoms with Gasteiger partial charge in [0.25, 0.3) is 0 Å². The highest BCUT2D eigenvalue weighted by atomic mass is 35.5. The first-order chi connectivity index (χ1) is 8.61. The molecule has 0 aliphatic heterocycles. The van der Waals surface area contributed by atoms with Gasteiger partial charge in [-0.3, -0.25) is 4.79 Å². The number of imidazole rings is 1. The van der Waals surface area contributed by atoms with Gasteiger partial charge in [0.05, 0.1) is 5.02 Å². The Labute approximate surface area is 111 Å². The van der Waals surface area contributed by atoms with E-state index in [9.17, 15) is 4.79 Å². The first-order valence-corrected chi connectivity index (χ1v) is 6.29. The summed E-state index contributed by atoms with van der Waals surface area (Å²) < 4.78 is 2.09. The van der Waals surface area contributed by atoms with Crippen LogP contribution in [-0.2, 0) is 13.0 Å². The number of aromatic nitrogens is 2. The third-order valence-electron chi connectivity index (χ3n) is 2.92. The van der Waals surface area contributed by atoms with Crippen molar-refractivity contribution in [3.63, 3.8) is 0 Å². The van der Waals surface area contributed by atoms with Gasteiger partial charge in [-0.15, -0.1) is 0 Å². The monoisotopic (exact) mass is 262 g/mol. The Bertz CT molecular complexity index is 575. The lowest BCUT2D eigenvalue weighted by molar-refractivity contribution is 0.101. The van der Waals surface area contributed by atoms with Gasteiger partial charge in [0.1, 0.15) is 5.82 Å². The van der Waals surface area contributed by atoms with Crippen LogP contribution in [0.5, 0.6) is 0 Å². The second kappa shape index (κ2) is 5.36. The SMILES string of the molecule is CCn1ccnc1Cc1ccc(C(C)=O)c(Cl)c1. The van der Waals surface area contributed by atoms with E-state index < -0.39 is 0 Å². The Hall–Kier alpha value is -1.61. The van der Waals surface area contributed by atoms with Gasteiger partial charge in [0, 0.05) is 30.9 Å². The molecular formula is C14H15ClN2O. The third-order valence-corrected chi connectivity index (χ3v) is 3.23. The average Bonchev–Trinajstić information content (AvgIpc) is 2.76. The van der Waals surface area contributed by atoms with Crippen LogP contribution in [0.25, 0.3) is 0 Å². The molecule has 4 heteroatoms. The minimum Gasteiger partial charge on any atom is -0.335 e. The second-order valence-electron chi connectivity index (χ2n) is 4.18. The minimum atomic E-state index is -0.0124.